The van der Waals surface area contributed by atoms with E-state index in [2.05, 4.69) is 15.3 Å². The lowest BCUT2D eigenvalue weighted by Gasteiger charge is -2.09. The molecule has 0 saturated heterocycles. The van der Waals surface area contributed by atoms with E-state index in [9.17, 15) is 9.59 Å². The summed E-state index contributed by atoms with van der Waals surface area (Å²) in [6, 6.07) is 6.61. The van der Waals surface area contributed by atoms with Gasteiger partial charge in [-0.1, -0.05) is 19.9 Å². The first-order valence-electron chi connectivity index (χ1n) is 6.45. The van der Waals surface area contributed by atoms with Crippen LogP contribution in [0.25, 0.3) is 0 Å². The van der Waals surface area contributed by atoms with Crippen molar-refractivity contribution in [2.45, 2.75) is 13.8 Å². The minimum Gasteiger partial charge on any atom is -0.422 e. The van der Waals surface area contributed by atoms with E-state index in [0.717, 1.165) is 0 Å². The Bertz CT molecular complexity index is 642. The highest BCUT2D eigenvalue weighted by Gasteiger charge is 2.11. The first-order chi connectivity index (χ1) is 10.1. The fourth-order valence-electron chi connectivity index (χ4n) is 1.49. The molecule has 0 radical (unpaired) electrons. The average molecular weight is 285 g/mol. The molecule has 1 aromatic carbocycles. The zero-order valence-corrected chi connectivity index (χ0v) is 11.7. The van der Waals surface area contributed by atoms with E-state index in [1.807, 2.05) is 0 Å². The molecule has 6 nitrogen and oxygen atoms in total. The van der Waals surface area contributed by atoms with Crippen molar-refractivity contribution in [1.82, 2.24) is 9.97 Å². The lowest BCUT2D eigenvalue weighted by molar-refractivity contribution is -0.118. The number of hydrogen-bond donors (Lipinski definition) is 1. The van der Waals surface area contributed by atoms with Gasteiger partial charge in [-0.15, -0.1) is 0 Å². The SMILES string of the molecule is CC(C)C(=O)Nc1cccc(OC(=O)c2cnccn2)c1. The molecule has 0 spiro atoms. The van der Waals surface area contributed by atoms with E-state index in [0.29, 0.717) is 11.4 Å². The second-order valence-corrected chi connectivity index (χ2v) is 4.65. The lowest BCUT2D eigenvalue weighted by Crippen LogP contribution is -2.17. The molecule has 2 rings (SSSR count). The number of nitrogens with one attached hydrogen (secondary N) is 1. The minimum absolute atomic E-state index is 0.104. The van der Waals surface area contributed by atoms with Crippen molar-refractivity contribution >= 4 is 17.6 Å². The van der Waals surface area contributed by atoms with E-state index in [1.54, 1.807) is 38.1 Å². The van der Waals surface area contributed by atoms with Crippen molar-refractivity contribution in [3.63, 3.8) is 0 Å². The van der Waals surface area contributed by atoms with Gasteiger partial charge in [-0.2, -0.15) is 0 Å². The molecule has 21 heavy (non-hydrogen) atoms. The number of carbonyl (C=O) groups is 2. The van der Waals surface area contributed by atoms with Crippen molar-refractivity contribution in [2.75, 3.05) is 5.32 Å². The molecule has 0 aliphatic carbocycles. The lowest BCUT2D eigenvalue weighted by atomic mass is 10.2. The number of benzene rings is 1. The molecular weight excluding hydrogens is 270 g/mol. The Morgan fingerprint density at radius 2 is 2.05 bits per heavy atom. The Labute approximate surface area is 122 Å². The number of rotatable bonds is 4. The van der Waals surface area contributed by atoms with Gasteiger partial charge in [0.2, 0.25) is 5.91 Å². The van der Waals surface area contributed by atoms with Gasteiger partial charge in [-0.25, -0.2) is 9.78 Å². The second kappa shape index (κ2) is 6.60. The second-order valence-electron chi connectivity index (χ2n) is 4.65. The molecule has 0 aliphatic rings. The van der Waals surface area contributed by atoms with Gasteiger partial charge in [-0.05, 0) is 12.1 Å². The number of carbonyl (C=O) groups excluding carboxylic acids is 2. The summed E-state index contributed by atoms with van der Waals surface area (Å²) in [5.41, 5.74) is 0.687. The topological polar surface area (TPSA) is 81.2 Å². The molecule has 1 N–H and O–H groups in total. The Morgan fingerprint density at radius 3 is 2.71 bits per heavy atom. The van der Waals surface area contributed by atoms with Crippen molar-refractivity contribution in [3.05, 3.63) is 48.5 Å². The molecule has 108 valence electrons. The number of ether oxygens (including phenoxy) is 1. The highest BCUT2D eigenvalue weighted by atomic mass is 16.5. The molecule has 0 aliphatic heterocycles. The van der Waals surface area contributed by atoms with Crippen LogP contribution >= 0.6 is 0 Å². The summed E-state index contributed by atoms with van der Waals surface area (Å²) in [4.78, 5) is 31.1. The zero-order chi connectivity index (χ0) is 15.2. The summed E-state index contributed by atoms with van der Waals surface area (Å²) >= 11 is 0. The van der Waals surface area contributed by atoms with Crippen molar-refractivity contribution in [2.24, 2.45) is 5.92 Å². The number of anilines is 1. The van der Waals surface area contributed by atoms with E-state index >= 15 is 0 Å². The number of nitrogens with zero attached hydrogens (tertiary/aromatic N) is 2. The van der Waals surface area contributed by atoms with Gasteiger partial charge >= 0.3 is 5.97 Å². The van der Waals surface area contributed by atoms with Crippen LogP contribution in [-0.4, -0.2) is 21.8 Å². The summed E-state index contributed by atoms with van der Waals surface area (Å²) in [5, 5.41) is 2.74. The first kappa shape index (κ1) is 14.6. The summed E-state index contributed by atoms with van der Waals surface area (Å²) in [6.07, 6.45) is 4.21. The van der Waals surface area contributed by atoms with Crippen LogP contribution in [0.15, 0.2) is 42.9 Å². The van der Waals surface area contributed by atoms with Gasteiger partial charge < -0.3 is 10.1 Å². The van der Waals surface area contributed by atoms with Gasteiger partial charge in [0, 0.05) is 30.1 Å². The highest BCUT2D eigenvalue weighted by molar-refractivity contribution is 5.92. The zero-order valence-electron chi connectivity index (χ0n) is 11.7. The van der Waals surface area contributed by atoms with Crippen LogP contribution in [0.3, 0.4) is 0 Å². The molecule has 1 heterocycles. The minimum atomic E-state index is -0.601. The van der Waals surface area contributed by atoms with E-state index < -0.39 is 5.97 Å². The third kappa shape index (κ3) is 4.10. The number of esters is 1. The number of amides is 1. The van der Waals surface area contributed by atoms with Gasteiger partial charge in [0.1, 0.15) is 5.75 Å². The standard InChI is InChI=1S/C15H15N3O3/c1-10(2)14(19)18-11-4-3-5-12(8-11)21-15(20)13-9-16-6-7-17-13/h3-10H,1-2H3,(H,18,19). The van der Waals surface area contributed by atoms with Crippen LogP contribution in [0.4, 0.5) is 5.69 Å². The monoisotopic (exact) mass is 285 g/mol. The first-order valence-corrected chi connectivity index (χ1v) is 6.45. The summed E-state index contributed by atoms with van der Waals surface area (Å²) in [6.45, 7) is 3.60. The maximum Gasteiger partial charge on any atom is 0.363 e. The molecule has 0 atom stereocenters. The van der Waals surface area contributed by atoms with E-state index in [1.165, 1.54) is 18.6 Å². The average Bonchev–Trinajstić information content (AvgIpc) is 2.48. The van der Waals surface area contributed by atoms with Crippen LogP contribution in [0.1, 0.15) is 24.3 Å². The summed E-state index contributed by atoms with van der Waals surface area (Å²) in [7, 11) is 0. The smallest absolute Gasteiger partial charge is 0.363 e. The maximum absolute atomic E-state index is 11.8. The quantitative estimate of drug-likeness (QED) is 0.688. The Morgan fingerprint density at radius 1 is 1.24 bits per heavy atom. The van der Waals surface area contributed by atoms with Crippen LogP contribution in [0.5, 0.6) is 5.75 Å². The predicted molar refractivity (Wildman–Crippen MR) is 76.9 cm³/mol. The van der Waals surface area contributed by atoms with Crippen LogP contribution < -0.4 is 10.1 Å². The van der Waals surface area contributed by atoms with Gasteiger partial charge in [-0.3, -0.25) is 9.78 Å². The number of hydrogen-bond acceptors (Lipinski definition) is 5. The molecule has 0 unspecified atom stereocenters. The van der Waals surface area contributed by atoms with Crippen molar-refractivity contribution in [1.29, 1.82) is 0 Å². The van der Waals surface area contributed by atoms with Gasteiger partial charge in [0.25, 0.3) is 0 Å². The van der Waals surface area contributed by atoms with E-state index in [4.69, 9.17) is 4.74 Å². The van der Waals surface area contributed by atoms with Crippen molar-refractivity contribution < 1.29 is 14.3 Å². The Hall–Kier alpha value is -2.76. The molecular formula is C15H15N3O3. The molecule has 0 bridgehead atoms. The molecule has 0 fully saturated rings. The molecule has 2 aromatic rings. The Balaban J connectivity index is 2.08. The summed E-state index contributed by atoms with van der Waals surface area (Å²) in [5.74, 6) is -0.508. The number of aromatic nitrogens is 2. The molecule has 1 amide bonds. The molecule has 1 aromatic heterocycles. The molecule has 6 heteroatoms. The van der Waals surface area contributed by atoms with Crippen LogP contribution in [0, 0.1) is 5.92 Å². The van der Waals surface area contributed by atoms with Crippen LogP contribution in [0.2, 0.25) is 0 Å². The predicted octanol–water partition coefficient (Wildman–Crippen LogP) is 2.29. The maximum atomic E-state index is 11.8. The van der Waals surface area contributed by atoms with Gasteiger partial charge in [0.05, 0.1) is 6.20 Å². The third-order valence-electron chi connectivity index (χ3n) is 2.61. The van der Waals surface area contributed by atoms with Crippen LogP contribution in [-0.2, 0) is 4.79 Å². The normalized spacial score (nSPS) is 10.2. The fourth-order valence-corrected chi connectivity index (χ4v) is 1.49. The molecule has 0 saturated carbocycles. The van der Waals surface area contributed by atoms with Crippen molar-refractivity contribution in [3.8, 4) is 5.75 Å². The summed E-state index contributed by atoms with van der Waals surface area (Å²) < 4.78 is 5.19. The third-order valence-corrected chi connectivity index (χ3v) is 2.61. The largest absolute Gasteiger partial charge is 0.422 e. The fraction of sp³-hybridized carbons (Fsp3) is 0.200. The highest BCUT2D eigenvalue weighted by Crippen LogP contribution is 2.18. The Kier molecular flexibility index (Phi) is 4.61. The van der Waals surface area contributed by atoms with E-state index in [-0.39, 0.29) is 17.5 Å². The van der Waals surface area contributed by atoms with Gasteiger partial charge in [0.15, 0.2) is 5.69 Å².